The number of ether oxygens (including phenoxy) is 2. The van der Waals surface area contributed by atoms with Gasteiger partial charge in [0, 0.05) is 17.0 Å². The number of hydrogen-bond donors (Lipinski definition) is 0. The maximum Gasteiger partial charge on any atom is 0.336 e. The fourth-order valence-electron chi connectivity index (χ4n) is 2.72. The molecule has 3 rings (SSSR count). The number of esters is 1. The van der Waals surface area contributed by atoms with Crippen LogP contribution >= 0.6 is 0 Å². The van der Waals surface area contributed by atoms with Crippen molar-refractivity contribution in [2.24, 2.45) is 0 Å². The largest absolute Gasteiger partial charge is 0.493 e. The second kappa shape index (κ2) is 8.08. The molecular weight excluding hydrogens is 344 g/mol. The van der Waals surface area contributed by atoms with Gasteiger partial charge in [0.25, 0.3) is 0 Å². The molecule has 1 aromatic heterocycles. The molecule has 0 saturated heterocycles. The molecule has 27 heavy (non-hydrogen) atoms. The highest BCUT2D eigenvalue weighted by Gasteiger charge is 2.10. The van der Waals surface area contributed by atoms with Gasteiger partial charge in [0.1, 0.15) is 17.9 Å². The number of fused-ring (bicyclic) bond motifs is 1. The molecule has 0 bridgehead atoms. The Kier molecular flexibility index (Phi) is 5.60. The molecule has 0 saturated carbocycles. The van der Waals surface area contributed by atoms with E-state index in [-0.39, 0.29) is 25.6 Å². The average molecular weight is 366 g/mol. The van der Waals surface area contributed by atoms with Crippen molar-refractivity contribution in [3.63, 3.8) is 0 Å². The molecule has 0 N–H and O–H groups in total. The third-order valence-corrected chi connectivity index (χ3v) is 4.43. The lowest BCUT2D eigenvalue weighted by Crippen LogP contribution is -2.11. The molecule has 0 aliphatic carbocycles. The van der Waals surface area contributed by atoms with Gasteiger partial charge >= 0.3 is 11.6 Å². The Morgan fingerprint density at radius 2 is 1.70 bits per heavy atom. The molecule has 5 nitrogen and oxygen atoms in total. The lowest BCUT2D eigenvalue weighted by Gasteiger charge is -2.10. The second-order valence-electron chi connectivity index (χ2n) is 6.60. The monoisotopic (exact) mass is 366 g/mol. The third kappa shape index (κ3) is 4.76. The van der Waals surface area contributed by atoms with Crippen molar-refractivity contribution in [3.05, 3.63) is 75.1 Å². The van der Waals surface area contributed by atoms with Crippen LogP contribution in [0, 0.1) is 20.8 Å². The van der Waals surface area contributed by atoms with Gasteiger partial charge in [0.15, 0.2) is 0 Å². The third-order valence-electron chi connectivity index (χ3n) is 4.43. The minimum absolute atomic E-state index is 0.0218. The summed E-state index contributed by atoms with van der Waals surface area (Å²) in [4.78, 5) is 23.8. The van der Waals surface area contributed by atoms with Gasteiger partial charge in [-0.3, -0.25) is 4.79 Å². The van der Waals surface area contributed by atoms with E-state index in [1.54, 1.807) is 0 Å². The van der Waals surface area contributed by atoms with Gasteiger partial charge in [-0.2, -0.15) is 0 Å². The zero-order chi connectivity index (χ0) is 19.4. The van der Waals surface area contributed by atoms with E-state index < -0.39 is 5.63 Å². The van der Waals surface area contributed by atoms with Crippen molar-refractivity contribution in [2.75, 3.05) is 6.61 Å². The van der Waals surface area contributed by atoms with Gasteiger partial charge in [0.05, 0.1) is 13.0 Å². The van der Waals surface area contributed by atoms with Gasteiger partial charge in [0.2, 0.25) is 0 Å². The van der Waals surface area contributed by atoms with Crippen LogP contribution in [0.15, 0.2) is 51.7 Å². The Bertz CT molecular complexity index is 1020. The van der Waals surface area contributed by atoms with Crippen LogP contribution in [0.4, 0.5) is 0 Å². The zero-order valence-corrected chi connectivity index (χ0v) is 15.7. The van der Waals surface area contributed by atoms with E-state index in [2.05, 4.69) is 0 Å². The van der Waals surface area contributed by atoms with Gasteiger partial charge < -0.3 is 13.9 Å². The van der Waals surface area contributed by atoms with Gasteiger partial charge in [-0.1, -0.05) is 17.7 Å². The Hall–Kier alpha value is -3.08. The van der Waals surface area contributed by atoms with Gasteiger partial charge in [-0.25, -0.2) is 4.79 Å². The Morgan fingerprint density at radius 3 is 2.44 bits per heavy atom. The van der Waals surface area contributed by atoms with Crippen LogP contribution in [0.2, 0.25) is 0 Å². The minimum Gasteiger partial charge on any atom is -0.493 e. The van der Waals surface area contributed by atoms with Crippen molar-refractivity contribution in [1.82, 2.24) is 0 Å². The van der Waals surface area contributed by atoms with Gasteiger partial charge in [-0.15, -0.1) is 0 Å². The minimum atomic E-state index is -0.459. The first-order valence-corrected chi connectivity index (χ1v) is 8.81. The van der Waals surface area contributed by atoms with E-state index in [0.29, 0.717) is 16.9 Å². The van der Waals surface area contributed by atoms with E-state index >= 15 is 0 Å². The number of rotatable bonds is 6. The Balaban J connectivity index is 1.60. The molecule has 140 valence electrons. The molecule has 2 aromatic carbocycles. The quantitative estimate of drug-likeness (QED) is 0.482. The van der Waals surface area contributed by atoms with Crippen molar-refractivity contribution in [3.8, 4) is 5.75 Å². The molecule has 1 heterocycles. The fraction of sp³-hybridized carbons (Fsp3) is 0.273. The Labute approximate surface area is 157 Å². The zero-order valence-electron chi connectivity index (χ0n) is 15.7. The smallest absolute Gasteiger partial charge is 0.336 e. The van der Waals surface area contributed by atoms with Crippen molar-refractivity contribution < 1.29 is 18.7 Å². The van der Waals surface area contributed by atoms with Crippen molar-refractivity contribution >= 4 is 16.9 Å². The summed E-state index contributed by atoms with van der Waals surface area (Å²) in [7, 11) is 0. The summed E-state index contributed by atoms with van der Waals surface area (Å²) in [6, 6.07) is 12.8. The van der Waals surface area contributed by atoms with Crippen molar-refractivity contribution in [1.29, 1.82) is 0 Å². The highest BCUT2D eigenvalue weighted by molar-refractivity contribution is 5.82. The summed E-state index contributed by atoms with van der Waals surface area (Å²) in [5.41, 5.74) is 3.94. The molecule has 0 unspecified atom stereocenters. The van der Waals surface area contributed by atoms with E-state index in [4.69, 9.17) is 13.9 Å². The summed E-state index contributed by atoms with van der Waals surface area (Å²) < 4.78 is 16.1. The highest BCUT2D eigenvalue weighted by Crippen LogP contribution is 2.22. The van der Waals surface area contributed by atoms with Crippen molar-refractivity contribution in [2.45, 2.75) is 33.8 Å². The summed E-state index contributed by atoms with van der Waals surface area (Å²) in [6.07, 6.45) is 0.130. The summed E-state index contributed by atoms with van der Waals surface area (Å²) in [6.45, 7) is 6.19. The van der Waals surface area contributed by atoms with Crippen LogP contribution in [0.25, 0.3) is 11.0 Å². The molecule has 0 spiro atoms. The molecule has 0 amide bonds. The van der Waals surface area contributed by atoms with E-state index in [0.717, 1.165) is 22.1 Å². The fourth-order valence-corrected chi connectivity index (χ4v) is 2.72. The number of carbonyl (C=O) groups excluding carboxylic acids is 1. The second-order valence-corrected chi connectivity index (χ2v) is 6.60. The highest BCUT2D eigenvalue weighted by atomic mass is 16.5. The maximum atomic E-state index is 12.0. The SMILES string of the molecule is Cc1ccc(OCCC(=O)OCc2cc(=O)oc3cc(C)c(C)cc23)cc1. The number of aryl methyl sites for hydroxylation is 3. The van der Waals surface area contributed by atoms with E-state index in [9.17, 15) is 9.59 Å². The van der Waals surface area contributed by atoms with Crippen LogP contribution in [0.3, 0.4) is 0 Å². The van der Waals surface area contributed by atoms with E-state index in [1.807, 2.05) is 57.2 Å². The van der Waals surface area contributed by atoms with Crippen LogP contribution in [-0.4, -0.2) is 12.6 Å². The molecular formula is C22H22O5. The molecule has 0 aliphatic heterocycles. The lowest BCUT2D eigenvalue weighted by molar-refractivity contribution is -0.145. The summed E-state index contributed by atoms with van der Waals surface area (Å²) >= 11 is 0. The number of benzene rings is 2. The molecule has 0 atom stereocenters. The predicted molar refractivity (Wildman–Crippen MR) is 103 cm³/mol. The summed E-state index contributed by atoms with van der Waals surface area (Å²) in [5.74, 6) is 0.332. The Morgan fingerprint density at radius 1 is 1.00 bits per heavy atom. The van der Waals surface area contributed by atoms with Crippen LogP contribution in [-0.2, 0) is 16.1 Å². The maximum absolute atomic E-state index is 12.0. The van der Waals surface area contributed by atoms with Crippen LogP contribution < -0.4 is 10.4 Å². The number of hydrogen-bond acceptors (Lipinski definition) is 5. The topological polar surface area (TPSA) is 65.7 Å². The number of carbonyl (C=O) groups is 1. The molecule has 3 aromatic rings. The van der Waals surface area contributed by atoms with Gasteiger partial charge in [-0.05, 0) is 56.2 Å². The standard InChI is InChI=1S/C22H22O5/c1-14-4-6-18(7-5-14)25-9-8-21(23)26-13-17-12-22(24)27-20-11-16(3)15(2)10-19(17)20/h4-7,10-12H,8-9,13H2,1-3H3. The van der Waals surface area contributed by atoms with Crippen LogP contribution in [0.1, 0.15) is 28.7 Å². The molecule has 0 aliphatic rings. The van der Waals surface area contributed by atoms with E-state index in [1.165, 1.54) is 6.07 Å². The molecule has 0 fully saturated rings. The van der Waals surface area contributed by atoms with Crippen LogP contribution in [0.5, 0.6) is 5.75 Å². The first kappa shape index (κ1) is 18.7. The predicted octanol–water partition coefficient (Wildman–Crippen LogP) is 4.23. The lowest BCUT2D eigenvalue weighted by atomic mass is 10.0. The summed E-state index contributed by atoms with van der Waals surface area (Å²) in [5, 5.41) is 0.779. The first-order chi connectivity index (χ1) is 12.9. The first-order valence-electron chi connectivity index (χ1n) is 8.81. The average Bonchev–Trinajstić information content (AvgIpc) is 2.63. The molecule has 5 heteroatoms. The molecule has 0 radical (unpaired) electrons. The normalized spacial score (nSPS) is 10.8.